The van der Waals surface area contributed by atoms with Crippen LogP contribution in [0.4, 0.5) is 0 Å². The van der Waals surface area contributed by atoms with E-state index in [0.717, 1.165) is 38.5 Å². The molecule has 0 spiro atoms. The molecule has 1 fully saturated rings. The van der Waals surface area contributed by atoms with Gasteiger partial charge in [0.1, 0.15) is 12.2 Å². The highest BCUT2D eigenvalue weighted by molar-refractivity contribution is 6.37. The third kappa shape index (κ3) is 15.0. The number of Topliss-reactive ketones (excluding diaryl/α,β-unsaturated/α-hetero) is 1. The van der Waals surface area contributed by atoms with Crippen LogP contribution < -0.4 is 0 Å². The number of aliphatic hydroxyl groups is 4. The quantitative estimate of drug-likeness (QED) is 0.0560. The molecule has 5 atom stereocenters. The summed E-state index contributed by atoms with van der Waals surface area (Å²) < 4.78 is 22.3. The van der Waals surface area contributed by atoms with Crippen LogP contribution in [0.15, 0.2) is 0 Å². The van der Waals surface area contributed by atoms with Gasteiger partial charge in [-0.3, -0.25) is 4.79 Å². The lowest BCUT2D eigenvalue weighted by atomic mass is 9.84. The number of rotatable bonds is 29. The molecule has 0 bridgehead atoms. The molecule has 3 unspecified atom stereocenters. The van der Waals surface area contributed by atoms with Gasteiger partial charge in [0, 0.05) is 19.6 Å². The van der Waals surface area contributed by atoms with E-state index in [-0.39, 0.29) is 26.2 Å². The molecular formula is C32H60O10. The van der Waals surface area contributed by atoms with E-state index in [2.05, 4.69) is 13.8 Å². The molecular weight excluding hydrogens is 544 g/mol. The molecule has 42 heavy (non-hydrogen) atoms. The van der Waals surface area contributed by atoms with Crippen molar-refractivity contribution in [1.29, 1.82) is 0 Å². The molecule has 1 heterocycles. The first-order valence-corrected chi connectivity index (χ1v) is 16.5. The first-order chi connectivity index (χ1) is 20.4. The molecule has 1 aliphatic rings. The standard InChI is InChI=1S/C32H60O10/c1-3-5-7-9-11-12-13-14-15-17-19-39-24-26(35)21-32(28(36)23-34)30(29(37)31(38)42-32)41-25-27(22-33)40-20-18-16-10-8-6-4-2/h26-28,30,33-36H,3-25H2,1-2H3/t26?,27?,28-,30?,32+/m0/s1. The van der Waals surface area contributed by atoms with Crippen LogP contribution in [-0.4, -0.2) is 102 Å². The number of hydrogen-bond acceptors (Lipinski definition) is 10. The van der Waals surface area contributed by atoms with Crippen LogP contribution >= 0.6 is 0 Å². The van der Waals surface area contributed by atoms with E-state index in [1.165, 1.54) is 64.2 Å². The Morgan fingerprint density at radius 3 is 1.79 bits per heavy atom. The van der Waals surface area contributed by atoms with Crippen LogP contribution in [-0.2, 0) is 28.5 Å². The van der Waals surface area contributed by atoms with Crippen molar-refractivity contribution in [2.24, 2.45) is 0 Å². The number of hydrogen-bond donors (Lipinski definition) is 4. The molecule has 10 nitrogen and oxygen atoms in total. The molecule has 0 aromatic carbocycles. The minimum absolute atomic E-state index is 0.0869. The summed E-state index contributed by atoms with van der Waals surface area (Å²) in [5, 5.41) is 40.7. The minimum Gasteiger partial charge on any atom is -0.447 e. The number of carbonyl (C=O) groups is 2. The maximum absolute atomic E-state index is 12.7. The number of esters is 1. The van der Waals surface area contributed by atoms with Gasteiger partial charge in [0.05, 0.1) is 32.5 Å². The Hall–Kier alpha value is -1.14. The Morgan fingerprint density at radius 2 is 1.26 bits per heavy atom. The van der Waals surface area contributed by atoms with E-state index >= 15 is 0 Å². The van der Waals surface area contributed by atoms with E-state index in [4.69, 9.17) is 18.9 Å². The molecule has 0 aliphatic carbocycles. The van der Waals surface area contributed by atoms with Gasteiger partial charge in [-0.25, -0.2) is 4.79 Å². The van der Waals surface area contributed by atoms with E-state index in [1.807, 2.05) is 0 Å². The third-order valence-electron chi connectivity index (χ3n) is 7.91. The summed E-state index contributed by atoms with van der Waals surface area (Å²) in [6, 6.07) is 0. The summed E-state index contributed by atoms with van der Waals surface area (Å²) in [5.41, 5.74) is -1.98. The molecule has 0 aromatic heterocycles. The van der Waals surface area contributed by atoms with Crippen molar-refractivity contribution in [1.82, 2.24) is 0 Å². The van der Waals surface area contributed by atoms with Gasteiger partial charge in [-0.05, 0) is 12.8 Å². The van der Waals surface area contributed by atoms with Gasteiger partial charge < -0.3 is 39.4 Å². The van der Waals surface area contributed by atoms with E-state index in [0.29, 0.717) is 13.2 Å². The Labute approximate surface area is 253 Å². The van der Waals surface area contributed by atoms with Crippen molar-refractivity contribution < 1.29 is 49.0 Å². The predicted octanol–water partition coefficient (Wildman–Crippen LogP) is 4.02. The van der Waals surface area contributed by atoms with Crippen molar-refractivity contribution in [2.45, 2.75) is 153 Å². The minimum atomic E-state index is -1.98. The van der Waals surface area contributed by atoms with Gasteiger partial charge in [-0.2, -0.15) is 0 Å². The molecule has 0 amide bonds. The van der Waals surface area contributed by atoms with Crippen LogP contribution in [0.2, 0.25) is 0 Å². The molecule has 4 N–H and O–H groups in total. The Kier molecular flexibility index (Phi) is 22.4. The lowest BCUT2D eigenvalue weighted by molar-refractivity contribution is -0.192. The van der Waals surface area contributed by atoms with Gasteiger partial charge in [-0.15, -0.1) is 0 Å². The molecule has 10 heteroatoms. The van der Waals surface area contributed by atoms with Crippen LogP contribution in [0, 0.1) is 0 Å². The summed E-state index contributed by atoms with van der Waals surface area (Å²) in [6.07, 6.45) is 12.9. The summed E-state index contributed by atoms with van der Waals surface area (Å²) in [6.45, 7) is 3.74. The maximum Gasteiger partial charge on any atom is 0.378 e. The third-order valence-corrected chi connectivity index (χ3v) is 7.91. The Bertz CT molecular complexity index is 690. The fraction of sp³-hybridized carbons (Fsp3) is 0.938. The van der Waals surface area contributed by atoms with Crippen LogP contribution in [0.5, 0.6) is 0 Å². The second-order valence-corrected chi connectivity index (χ2v) is 11.7. The molecule has 0 aromatic rings. The molecule has 1 rings (SSSR count). The fourth-order valence-electron chi connectivity index (χ4n) is 5.33. The predicted molar refractivity (Wildman–Crippen MR) is 160 cm³/mol. The van der Waals surface area contributed by atoms with Crippen molar-refractivity contribution in [3.63, 3.8) is 0 Å². The first kappa shape index (κ1) is 38.9. The SMILES string of the molecule is CCCCCCCCCCCCOCC(O)C[C@]1([C@@H](O)CO)OC(=O)C(=O)C1OCC(CO)OCCCCCCCC. The van der Waals surface area contributed by atoms with E-state index < -0.39 is 48.4 Å². The summed E-state index contributed by atoms with van der Waals surface area (Å²) in [4.78, 5) is 24.9. The zero-order valence-electron chi connectivity index (χ0n) is 26.3. The first-order valence-electron chi connectivity index (χ1n) is 16.5. The summed E-state index contributed by atoms with van der Waals surface area (Å²) >= 11 is 0. The number of carbonyl (C=O) groups excluding carboxylic acids is 2. The fourth-order valence-corrected chi connectivity index (χ4v) is 5.33. The highest BCUT2D eigenvalue weighted by Crippen LogP contribution is 2.36. The summed E-state index contributed by atoms with van der Waals surface area (Å²) in [5.74, 6) is -2.23. The van der Waals surface area contributed by atoms with Crippen LogP contribution in [0.1, 0.15) is 123 Å². The average Bonchev–Trinajstić information content (AvgIpc) is 3.22. The van der Waals surface area contributed by atoms with Gasteiger partial charge in [0.25, 0.3) is 5.78 Å². The number of ether oxygens (including phenoxy) is 4. The lowest BCUT2D eigenvalue weighted by Crippen LogP contribution is -2.56. The zero-order valence-corrected chi connectivity index (χ0v) is 26.3. The number of aliphatic hydroxyl groups excluding tert-OH is 4. The lowest BCUT2D eigenvalue weighted by Gasteiger charge is -2.37. The molecule has 0 saturated carbocycles. The monoisotopic (exact) mass is 604 g/mol. The summed E-state index contributed by atoms with van der Waals surface area (Å²) in [7, 11) is 0. The van der Waals surface area contributed by atoms with Crippen LogP contribution in [0.3, 0.4) is 0 Å². The van der Waals surface area contributed by atoms with Gasteiger partial charge >= 0.3 is 5.97 Å². The van der Waals surface area contributed by atoms with Crippen molar-refractivity contribution in [3.05, 3.63) is 0 Å². The molecule has 1 saturated heterocycles. The number of cyclic esters (lactones) is 1. The van der Waals surface area contributed by atoms with E-state index in [1.54, 1.807) is 0 Å². The zero-order chi connectivity index (χ0) is 31.1. The number of ketones is 1. The van der Waals surface area contributed by atoms with Crippen molar-refractivity contribution in [2.75, 3.05) is 39.6 Å². The molecule has 248 valence electrons. The second kappa shape index (κ2) is 24.2. The normalized spacial score (nSPS) is 21.0. The topological polar surface area (TPSA) is 152 Å². The van der Waals surface area contributed by atoms with Crippen molar-refractivity contribution >= 4 is 11.8 Å². The maximum atomic E-state index is 12.7. The largest absolute Gasteiger partial charge is 0.447 e. The highest BCUT2D eigenvalue weighted by Gasteiger charge is 2.61. The molecule has 1 aliphatic heterocycles. The highest BCUT2D eigenvalue weighted by atomic mass is 16.6. The second-order valence-electron chi connectivity index (χ2n) is 11.7. The van der Waals surface area contributed by atoms with Crippen molar-refractivity contribution in [3.8, 4) is 0 Å². The average molecular weight is 605 g/mol. The van der Waals surface area contributed by atoms with Gasteiger partial charge in [0.15, 0.2) is 11.7 Å². The Balaban J connectivity index is 2.51. The molecule has 0 radical (unpaired) electrons. The van der Waals surface area contributed by atoms with Gasteiger partial charge in [0.2, 0.25) is 0 Å². The van der Waals surface area contributed by atoms with Gasteiger partial charge in [-0.1, -0.05) is 104 Å². The van der Waals surface area contributed by atoms with E-state index in [9.17, 15) is 30.0 Å². The van der Waals surface area contributed by atoms with Crippen LogP contribution in [0.25, 0.3) is 0 Å². The Morgan fingerprint density at radius 1 is 0.738 bits per heavy atom. The number of unbranched alkanes of at least 4 members (excludes halogenated alkanes) is 14. The smallest absolute Gasteiger partial charge is 0.378 e.